The molecule has 2 amide bonds. The number of para-hydroxylation sites is 1. The van der Waals surface area contributed by atoms with Gasteiger partial charge in [-0.2, -0.15) is 0 Å². The molecule has 1 heterocycles. The second-order valence-electron chi connectivity index (χ2n) is 8.73. The van der Waals surface area contributed by atoms with Crippen molar-refractivity contribution >= 4 is 28.4 Å². The van der Waals surface area contributed by atoms with Gasteiger partial charge in [-0.05, 0) is 59.9 Å². The number of fused-ring (bicyclic) bond motifs is 1. The van der Waals surface area contributed by atoms with Crippen LogP contribution in [-0.2, 0) is 11.2 Å². The van der Waals surface area contributed by atoms with Crippen LogP contribution in [0.15, 0.2) is 72.9 Å². The standard InChI is InChI=1S/C29H31N3O4/c1-3-14-36-28-13-10-21(20-8-11-23(12-9-20)31-19(2)34)16-26(28)29(35)32-24(18-33)15-22-17-30-27-7-5-4-6-25(22)27/h4-13,16-17,24,30,33H,3,14-15,18H2,1-2H3,(H,31,34)(H,32,35). The second-order valence-corrected chi connectivity index (χ2v) is 8.73. The lowest BCUT2D eigenvalue weighted by Gasteiger charge is -2.18. The summed E-state index contributed by atoms with van der Waals surface area (Å²) in [5.74, 6) is 0.0543. The molecule has 0 aliphatic heterocycles. The van der Waals surface area contributed by atoms with Crippen molar-refractivity contribution in [2.24, 2.45) is 0 Å². The van der Waals surface area contributed by atoms with Crippen molar-refractivity contribution in [2.45, 2.75) is 32.7 Å². The fourth-order valence-electron chi connectivity index (χ4n) is 4.16. The first-order valence-corrected chi connectivity index (χ1v) is 12.1. The maximum absolute atomic E-state index is 13.4. The average molecular weight is 486 g/mol. The van der Waals surface area contributed by atoms with E-state index in [0.717, 1.165) is 34.0 Å². The Labute approximate surface area is 210 Å². The normalized spacial score (nSPS) is 11.8. The first-order chi connectivity index (χ1) is 17.5. The highest BCUT2D eigenvalue weighted by Crippen LogP contribution is 2.28. The highest BCUT2D eigenvalue weighted by atomic mass is 16.5. The van der Waals surface area contributed by atoms with Gasteiger partial charge in [-0.3, -0.25) is 9.59 Å². The van der Waals surface area contributed by atoms with Gasteiger partial charge in [0.1, 0.15) is 5.75 Å². The van der Waals surface area contributed by atoms with Crippen molar-refractivity contribution in [2.75, 3.05) is 18.5 Å². The molecule has 4 rings (SSSR count). The van der Waals surface area contributed by atoms with Gasteiger partial charge in [-0.1, -0.05) is 43.3 Å². The minimum absolute atomic E-state index is 0.134. The van der Waals surface area contributed by atoms with Gasteiger partial charge < -0.3 is 25.5 Å². The fraction of sp³-hybridized carbons (Fsp3) is 0.241. The Balaban J connectivity index is 1.57. The summed E-state index contributed by atoms with van der Waals surface area (Å²) in [4.78, 5) is 27.9. The number of carbonyl (C=O) groups is 2. The van der Waals surface area contributed by atoms with E-state index in [1.165, 1.54) is 6.92 Å². The van der Waals surface area contributed by atoms with Gasteiger partial charge in [0.15, 0.2) is 0 Å². The number of hydrogen-bond acceptors (Lipinski definition) is 4. The molecule has 4 N–H and O–H groups in total. The van der Waals surface area contributed by atoms with Gasteiger partial charge in [0.05, 0.1) is 24.8 Å². The van der Waals surface area contributed by atoms with Gasteiger partial charge in [-0.15, -0.1) is 0 Å². The number of H-pyrrole nitrogens is 1. The van der Waals surface area contributed by atoms with Gasteiger partial charge >= 0.3 is 0 Å². The predicted molar refractivity (Wildman–Crippen MR) is 142 cm³/mol. The molecule has 0 spiro atoms. The van der Waals surface area contributed by atoms with Crippen LogP contribution < -0.4 is 15.4 Å². The Morgan fingerprint density at radius 2 is 1.78 bits per heavy atom. The van der Waals surface area contributed by atoms with E-state index in [9.17, 15) is 14.7 Å². The Morgan fingerprint density at radius 1 is 1.03 bits per heavy atom. The lowest BCUT2D eigenvalue weighted by Crippen LogP contribution is -2.39. The minimum Gasteiger partial charge on any atom is -0.493 e. The first-order valence-electron chi connectivity index (χ1n) is 12.1. The molecule has 1 unspecified atom stereocenters. The van der Waals surface area contributed by atoms with Crippen LogP contribution in [0.5, 0.6) is 5.75 Å². The summed E-state index contributed by atoms with van der Waals surface area (Å²) < 4.78 is 5.86. The highest BCUT2D eigenvalue weighted by Gasteiger charge is 2.19. The first kappa shape index (κ1) is 25.0. The smallest absolute Gasteiger partial charge is 0.255 e. The molecular weight excluding hydrogens is 454 g/mol. The minimum atomic E-state index is -0.462. The van der Waals surface area contributed by atoms with E-state index in [0.29, 0.717) is 30.0 Å². The summed E-state index contributed by atoms with van der Waals surface area (Å²) in [6, 6.07) is 20.4. The third kappa shape index (κ3) is 5.93. The Kier molecular flexibility index (Phi) is 8.02. The second kappa shape index (κ2) is 11.6. The Hall–Kier alpha value is -4.10. The highest BCUT2D eigenvalue weighted by molar-refractivity contribution is 5.98. The molecule has 0 saturated heterocycles. The van der Waals surface area contributed by atoms with Crippen LogP contribution in [0.4, 0.5) is 5.69 Å². The van der Waals surface area contributed by atoms with E-state index < -0.39 is 6.04 Å². The summed E-state index contributed by atoms with van der Waals surface area (Å²) in [7, 11) is 0. The third-order valence-electron chi connectivity index (χ3n) is 5.92. The zero-order chi connectivity index (χ0) is 25.5. The number of amides is 2. The van der Waals surface area contributed by atoms with Crippen molar-refractivity contribution in [3.8, 4) is 16.9 Å². The van der Waals surface area contributed by atoms with E-state index in [1.807, 2.05) is 67.7 Å². The molecule has 186 valence electrons. The molecule has 36 heavy (non-hydrogen) atoms. The molecule has 7 heteroatoms. The molecule has 7 nitrogen and oxygen atoms in total. The third-order valence-corrected chi connectivity index (χ3v) is 5.92. The summed E-state index contributed by atoms with van der Waals surface area (Å²) >= 11 is 0. The number of nitrogens with one attached hydrogen (secondary N) is 3. The maximum atomic E-state index is 13.4. The molecule has 0 saturated carbocycles. The number of anilines is 1. The molecule has 0 bridgehead atoms. The van der Waals surface area contributed by atoms with Gasteiger partial charge in [0.2, 0.25) is 5.91 Å². The molecule has 0 aliphatic rings. The number of hydrogen-bond donors (Lipinski definition) is 4. The van der Waals surface area contributed by atoms with Gasteiger partial charge in [0.25, 0.3) is 5.91 Å². The van der Waals surface area contributed by atoms with E-state index in [-0.39, 0.29) is 18.4 Å². The molecule has 3 aromatic carbocycles. The monoisotopic (exact) mass is 485 g/mol. The number of carbonyl (C=O) groups excluding carboxylic acids is 2. The Bertz CT molecular complexity index is 1340. The fourth-order valence-corrected chi connectivity index (χ4v) is 4.16. The number of aromatic nitrogens is 1. The zero-order valence-corrected chi connectivity index (χ0v) is 20.5. The Morgan fingerprint density at radius 3 is 2.50 bits per heavy atom. The van der Waals surface area contributed by atoms with E-state index in [1.54, 1.807) is 12.1 Å². The van der Waals surface area contributed by atoms with E-state index in [2.05, 4.69) is 15.6 Å². The van der Waals surface area contributed by atoms with E-state index in [4.69, 9.17) is 4.74 Å². The lowest BCUT2D eigenvalue weighted by atomic mass is 10.0. The molecule has 0 fully saturated rings. The van der Waals surface area contributed by atoms with Crippen molar-refractivity contribution in [1.82, 2.24) is 10.3 Å². The van der Waals surface area contributed by atoms with Crippen LogP contribution in [0, 0.1) is 0 Å². The van der Waals surface area contributed by atoms with Crippen molar-refractivity contribution < 1.29 is 19.4 Å². The van der Waals surface area contributed by atoms with Crippen molar-refractivity contribution in [1.29, 1.82) is 0 Å². The quantitative estimate of drug-likeness (QED) is 0.256. The van der Waals surface area contributed by atoms with Crippen LogP contribution in [0.25, 0.3) is 22.0 Å². The van der Waals surface area contributed by atoms with Crippen molar-refractivity contribution in [3.63, 3.8) is 0 Å². The number of aromatic amines is 1. The largest absolute Gasteiger partial charge is 0.493 e. The van der Waals surface area contributed by atoms with Gasteiger partial charge in [-0.25, -0.2) is 0 Å². The summed E-state index contributed by atoms with van der Waals surface area (Å²) in [5, 5.41) is 16.8. The predicted octanol–water partition coefficient (Wildman–Crippen LogP) is 4.92. The van der Waals surface area contributed by atoms with Crippen LogP contribution in [-0.4, -0.2) is 41.2 Å². The van der Waals surface area contributed by atoms with Crippen molar-refractivity contribution in [3.05, 3.63) is 84.1 Å². The van der Waals surface area contributed by atoms with Crippen LogP contribution >= 0.6 is 0 Å². The summed E-state index contributed by atoms with van der Waals surface area (Å²) in [6.45, 7) is 3.77. The van der Waals surface area contributed by atoms with Crippen LogP contribution in [0.1, 0.15) is 36.2 Å². The SMILES string of the molecule is CCCOc1ccc(-c2ccc(NC(C)=O)cc2)cc1C(=O)NC(CO)Cc1c[nH]c2ccccc12. The lowest BCUT2D eigenvalue weighted by molar-refractivity contribution is -0.114. The maximum Gasteiger partial charge on any atom is 0.255 e. The molecule has 0 aliphatic carbocycles. The number of aliphatic hydroxyl groups is 1. The number of rotatable bonds is 10. The number of benzene rings is 3. The molecule has 0 radical (unpaired) electrons. The zero-order valence-electron chi connectivity index (χ0n) is 20.5. The molecule has 4 aromatic rings. The topological polar surface area (TPSA) is 103 Å². The van der Waals surface area contributed by atoms with Crippen LogP contribution in [0.3, 0.4) is 0 Å². The summed E-state index contributed by atoms with van der Waals surface area (Å²) in [5.41, 5.74) is 4.90. The van der Waals surface area contributed by atoms with Crippen LogP contribution in [0.2, 0.25) is 0 Å². The average Bonchev–Trinajstić information content (AvgIpc) is 3.29. The van der Waals surface area contributed by atoms with E-state index >= 15 is 0 Å². The number of aliphatic hydroxyl groups excluding tert-OH is 1. The number of ether oxygens (including phenoxy) is 1. The molecule has 1 atom stereocenters. The van der Waals surface area contributed by atoms with Gasteiger partial charge in [0, 0.05) is 29.7 Å². The summed E-state index contributed by atoms with van der Waals surface area (Å²) in [6.07, 6.45) is 3.22. The molecular formula is C29H31N3O4. The molecule has 1 aromatic heterocycles.